The zero-order valence-electron chi connectivity index (χ0n) is 27.7. The van der Waals surface area contributed by atoms with Crippen molar-refractivity contribution in [2.45, 2.75) is 26.2 Å². The van der Waals surface area contributed by atoms with Crippen molar-refractivity contribution in [3.05, 3.63) is 157 Å². The Kier molecular flexibility index (Phi) is 5.84. The molecule has 3 aromatic heterocycles. The molecule has 10 aromatic rings. The molecular formula is C46H34N2O. The summed E-state index contributed by atoms with van der Waals surface area (Å²) >= 11 is 0. The summed E-state index contributed by atoms with van der Waals surface area (Å²) < 4.78 is 11.0. The van der Waals surface area contributed by atoms with E-state index in [0.29, 0.717) is 0 Å². The van der Waals surface area contributed by atoms with Gasteiger partial charge in [0.1, 0.15) is 11.2 Å². The van der Waals surface area contributed by atoms with Crippen LogP contribution in [0.25, 0.3) is 88.1 Å². The molecule has 0 amide bonds. The van der Waals surface area contributed by atoms with E-state index in [1.807, 2.05) is 12.1 Å². The van der Waals surface area contributed by atoms with Gasteiger partial charge in [-0.05, 0) is 88.8 Å². The van der Waals surface area contributed by atoms with E-state index >= 15 is 0 Å². The largest absolute Gasteiger partial charge is 0.456 e. The first-order valence-corrected chi connectivity index (χ1v) is 17.0. The maximum atomic E-state index is 6.18. The highest BCUT2D eigenvalue weighted by molar-refractivity contribution is 6.13. The van der Waals surface area contributed by atoms with Gasteiger partial charge in [0.2, 0.25) is 0 Å². The predicted octanol–water partition coefficient (Wildman–Crippen LogP) is 12.7. The van der Waals surface area contributed by atoms with E-state index in [-0.39, 0.29) is 5.41 Å². The van der Waals surface area contributed by atoms with Crippen LogP contribution in [0.15, 0.2) is 156 Å². The fraction of sp³-hybridized carbons (Fsp3) is 0.0870. The lowest BCUT2D eigenvalue weighted by Gasteiger charge is -2.19. The molecule has 0 aliphatic rings. The van der Waals surface area contributed by atoms with E-state index in [1.165, 1.54) is 66.0 Å². The van der Waals surface area contributed by atoms with Crippen molar-refractivity contribution < 1.29 is 4.42 Å². The Bertz CT molecular complexity index is 2910. The molecule has 0 radical (unpaired) electrons. The van der Waals surface area contributed by atoms with Crippen molar-refractivity contribution >= 4 is 65.6 Å². The summed E-state index contributed by atoms with van der Waals surface area (Å²) in [6, 6.07) is 55.2. The second-order valence-corrected chi connectivity index (χ2v) is 14.2. The lowest BCUT2D eigenvalue weighted by Crippen LogP contribution is -2.10. The van der Waals surface area contributed by atoms with Gasteiger partial charge in [0, 0.05) is 43.7 Å². The molecule has 10 rings (SSSR count). The van der Waals surface area contributed by atoms with Gasteiger partial charge in [-0.15, -0.1) is 0 Å². The molecule has 3 heterocycles. The zero-order chi connectivity index (χ0) is 32.9. The number of para-hydroxylation sites is 3. The first-order valence-electron chi connectivity index (χ1n) is 17.0. The predicted molar refractivity (Wildman–Crippen MR) is 207 cm³/mol. The van der Waals surface area contributed by atoms with Crippen LogP contribution < -0.4 is 0 Å². The molecule has 0 N–H and O–H groups in total. The van der Waals surface area contributed by atoms with E-state index in [1.54, 1.807) is 0 Å². The zero-order valence-corrected chi connectivity index (χ0v) is 27.7. The average Bonchev–Trinajstić information content (AvgIpc) is 3.78. The van der Waals surface area contributed by atoms with Gasteiger partial charge < -0.3 is 13.6 Å². The van der Waals surface area contributed by atoms with Crippen LogP contribution in [0.1, 0.15) is 26.3 Å². The first kappa shape index (κ1) is 28.0. The average molecular weight is 631 g/mol. The number of fused-ring (bicyclic) bond motifs is 9. The lowest BCUT2D eigenvalue weighted by atomic mass is 9.87. The van der Waals surface area contributed by atoms with E-state index in [2.05, 4.69) is 169 Å². The van der Waals surface area contributed by atoms with Crippen LogP contribution >= 0.6 is 0 Å². The number of benzene rings is 7. The molecule has 0 saturated heterocycles. The second kappa shape index (κ2) is 10.2. The molecule has 0 aliphatic carbocycles. The van der Waals surface area contributed by atoms with Crippen LogP contribution in [0.2, 0.25) is 0 Å². The minimum Gasteiger partial charge on any atom is -0.456 e. The molecule has 0 aliphatic heterocycles. The van der Waals surface area contributed by atoms with Crippen molar-refractivity contribution in [1.29, 1.82) is 0 Å². The normalized spacial score (nSPS) is 12.4. The molecule has 49 heavy (non-hydrogen) atoms. The molecule has 7 aromatic carbocycles. The number of rotatable bonds is 3. The van der Waals surface area contributed by atoms with Crippen molar-refractivity contribution in [1.82, 2.24) is 9.13 Å². The Morgan fingerprint density at radius 1 is 0.388 bits per heavy atom. The van der Waals surface area contributed by atoms with Gasteiger partial charge in [-0.2, -0.15) is 0 Å². The van der Waals surface area contributed by atoms with Crippen molar-refractivity contribution in [2.75, 3.05) is 0 Å². The first-order chi connectivity index (χ1) is 23.9. The minimum absolute atomic E-state index is 0.113. The summed E-state index contributed by atoms with van der Waals surface area (Å²) in [7, 11) is 0. The van der Waals surface area contributed by atoms with Crippen molar-refractivity contribution in [3.63, 3.8) is 0 Å². The summed E-state index contributed by atoms with van der Waals surface area (Å²) in [6.45, 7) is 6.79. The smallest absolute Gasteiger partial charge is 0.135 e. The van der Waals surface area contributed by atoms with E-state index < -0.39 is 0 Å². The molecule has 0 fully saturated rings. The van der Waals surface area contributed by atoms with Crippen LogP contribution in [0.3, 0.4) is 0 Å². The van der Waals surface area contributed by atoms with E-state index in [4.69, 9.17) is 4.42 Å². The summed E-state index contributed by atoms with van der Waals surface area (Å²) in [4.78, 5) is 0. The molecule has 0 saturated carbocycles. The third-order valence-electron chi connectivity index (χ3n) is 10.3. The number of nitrogens with zero attached hydrogens (tertiary/aromatic N) is 2. The number of furan rings is 1. The Morgan fingerprint density at radius 3 is 1.69 bits per heavy atom. The van der Waals surface area contributed by atoms with Gasteiger partial charge in [0.25, 0.3) is 0 Å². The Morgan fingerprint density at radius 2 is 0.939 bits per heavy atom. The minimum atomic E-state index is 0.113. The highest BCUT2D eigenvalue weighted by Gasteiger charge is 2.18. The summed E-state index contributed by atoms with van der Waals surface area (Å²) in [6.07, 6.45) is 0. The second-order valence-electron chi connectivity index (χ2n) is 14.2. The van der Waals surface area contributed by atoms with E-state index in [9.17, 15) is 0 Å². The molecule has 3 nitrogen and oxygen atoms in total. The van der Waals surface area contributed by atoms with Crippen LogP contribution in [0.4, 0.5) is 0 Å². The Balaban J connectivity index is 1.16. The third kappa shape index (κ3) is 4.22. The Hall–Kier alpha value is -6.06. The van der Waals surface area contributed by atoms with Crippen LogP contribution in [-0.4, -0.2) is 9.13 Å². The quantitative estimate of drug-likeness (QED) is 0.190. The molecular weight excluding hydrogens is 597 g/mol. The number of aromatic nitrogens is 2. The van der Waals surface area contributed by atoms with Crippen molar-refractivity contribution in [3.8, 4) is 22.5 Å². The maximum absolute atomic E-state index is 6.18. The molecule has 0 atom stereocenters. The third-order valence-corrected chi connectivity index (χ3v) is 10.3. The molecule has 234 valence electrons. The molecule has 0 unspecified atom stereocenters. The summed E-state index contributed by atoms with van der Waals surface area (Å²) in [5.41, 5.74) is 12.8. The fourth-order valence-electron chi connectivity index (χ4n) is 7.82. The highest BCUT2D eigenvalue weighted by atomic mass is 16.3. The van der Waals surface area contributed by atoms with Gasteiger partial charge in [-0.3, -0.25) is 0 Å². The van der Waals surface area contributed by atoms with Crippen LogP contribution in [0.5, 0.6) is 0 Å². The highest BCUT2D eigenvalue weighted by Crippen LogP contribution is 2.39. The van der Waals surface area contributed by atoms with Gasteiger partial charge in [0.15, 0.2) is 0 Å². The molecule has 0 bridgehead atoms. The topological polar surface area (TPSA) is 23.0 Å². The lowest BCUT2D eigenvalue weighted by molar-refractivity contribution is 0.590. The van der Waals surface area contributed by atoms with E-state index in [0.717, 1.165) is 27.6 Å². The number of hydrogen-bond donors (Lipinski definition) is 0. The molecule has 3 heteroatoms. The summed E-state index contributed by atoms with van der Waals surface area (Å²) in [5, 5.41) is 7.27. The monoisotopic (exact) mass is 630 g/mol. The van der Waals surface area contributed by atoms with Gasteiger partial charge >= 0.3 is 0 Å². The standard InChI is InChI=1S/C46H34N2O/c1-46(2,3)31-18-20-32(21-19-31)47-41-14-8-5-11-35(41)38-26-29(17-24-42(38)47)30-16-23-36-34-10-4-7-13-40(34)48(43(36)27-30)33-22-25-45-39(28-33)37-12-6-9-15-44(37)49-45/h4-28H,1-3H3. The van der Waals surface area contributed by atoms with Gasteiger partial charge in [0.05, 0.1) is 22.1 Å². The van der Waals surface area contributed by atoms with Gasteiger partial charge in [-0.1, -0.05) is 106 Å². The fourth-order valence-corrected chi connectivity index (χ4v) is 7.82. The maximum Gasteiger partial charge on any atom is 0.135 e. The van der Waals surface area contributed by atoms with Crippen LogP contribution in [-0.2, 0) is 5.41 Å². The van der Waals surface area contributed by atoms with Gasteiger partial charge in [-0.25, -0.2) is 0 Å². The van der Waals surface area contributed by atoms with Crippen LogP contribution in [0, 0.1) is 0 Å². The summed E-state index contributed by atoms with van der Waals surface area (Å²) in [5.74, 6) is 0. The SMILES string of the molecule is CC(C)(C)c1ccc(-n2c3ccccc3c3cc(-c4ccc5c6ccccc6n(-c6ccc7oc8ccccc8c7c6)c5c4)ccc32)cc1. The van der Waals surface area contributed by atoms with Crippen molar-refractivity contribution in [2.24, 2.45) is 0 Å². The Labute approximate surface area is 284 Å². The molecule has 0 spiro atoms. The number of hydrogen-bond acceptors (Lipinski definition) is 1.